The standard InChI is InChI=1S/C10H5F5N2O2/c11-9(12)8-5(3-16)6(10(13,14)15)1-4(17-8)2-7(18)19/h1,9H,2H2,(H,18,19). The van der Waals surface area contributed by atoms with Crippen LogP contribution in [0.3, 0.4) is 0 Å². The molecule has 102 valence electrons. The Bertz CT molecular complexity index is 548. The van der Waals surface area contributed by atoms with Gasteiger partial charge in [0.05, 0.1) is 23.2 Å². The third-order valence-electron chi connectivity index (χ3n) is 2.06. The Hall–Kier alpha value is -2.24. The zero-order valence-corrected chi connectivity index (χ0v) is 9.00. The number of hydrogen-bond donors (Lipinski definition) is 1. The van der Waals surface area contributed by atoms with Gasteiger partial charge in [0.25, 0.3) is 6.43 Å². The van der Waals surface area contributed by atoms with E-state index in [-0.39, 0.29) is 0 Å². The maximum absolute atomic E-state index is 12.6. The quantitative estimate of drug-likeness (QED) is 0.863. The van der Waals surface area contributed by atoms with Gasteiger partial charge in [0.1, 0.15) is 11.8 Å². The lowest BCUT2D eigenvalue weighted by atomic mass is 10.0. The average Bonchev–Trinajstić information content (AvgIpc) is 2.25. The van der Waals surface area contributed by atoms with Gasteiger partial charge in [-0.3, -0.25) is 4.79 Å². The van der Waals surface area contributed by atoms with Crippen molar-refractivity contribution in [2.24, 2.45) is 0 Å². The number of pyridine rings is 1. The number of carbonyl (C=O) groups is 1. The summed E-state index contributed by atoms with van der Waals surface area (Å²) in [5.74, 6) is -1.52. The molecule has 0 aliphatic rings. The van der Waals surface area contributed by atoms with Gasteiger partial charge in [0, 0.05) is 0 Å². The molecule has 9 heteroatoms. The Balaban J connectivity index is 3.56. The van der Waals surface area contributed by atoms with Crippen molar-refractivity contribution in [3.8, 4) is 6.07 Å². The van der Waals surface area contributed by atoms with E-state index in [9.17, 15) is 26.7 Å². The molecule has 19 heavy (non-hydrogen) atoms. The molecule has 0 amide bonds. The van der Waals surface area contributed by atoms with Crippen molar-refractivity contribution in [1.29, 1.82) is 5.26 Å². The minimum Gasteiger partial charge on any atom is -0.481 e. The van der Waals surface area contributed by atoms with Gasteiger partial charge in [-0.05, 0) is 6.07 Å². The van der Waals surface area contributed by atoms with Crippen LogP contribution in [-0.4, -0.2) is 16.1 Å². The second kappa shape index (κ2) is 5.17. The highest BCUT2D eigenvalue weighted by atomic mass is 19.4. The van der Waals surface area contributed by atoms with Gasteiger partial charge >= 0.3 is 12.1 Å². The molecule has 0 saturated heterocycles. The van der Waals surface area contributed by atoms with Crippen LogP contribution in [0.2, 0.25) is 0 Å². The van der Waals surface area contributed by atoms with Gasteiger partial charge in [0.2, 0.25) is 0 Å². The number of nitrogens with zero attached hydrogens (tertiary/aromatic N) is 2. The van der Waals surface area contributed by atoms with Crippen LogP contribution in [0.25, 0.3) is 0 Å². The maximum Gasteiger partial charge on any atom is 0.417 e. The molecule has 4 nitrogen and oxygen atoms in total. The fourth-order valence-corrected chi connectivity index (χ4v) is 1.36. The molecule has 0 unspecified atom stereocenters. The minimum atomic E-state index is -5.05. The molecule has 0 bridgehead atoms. The number of aromatic nitrogens is 1. The number of carboxylic acids is 1. The van der Waals surface area contributed by atoms with Crippen LogP contribution in [0.4, 0.5) is 22.0 Å². The monoisotopic (exact) mass is 280 g/mol. The molecule has 0 aromatic carbocycles. The van der Waals surface area contributed by atoms with Crippen molar-refractivity contribution in [2.75, 3.05) is 0 Å². The van der Waals surface area contributed by atoms with Crippen molar-refractivity contribution in [3.05, 3.63) is 28.6 Å². The van der Waals surface area contributed by atoms with E-state index in [0.717, 1.165) is 6.07 Å². The lowest BCUT2D eigenvalue weighted by Crippen LogP contribution is -2.15. The van der Waals surface area contributed by atoms with Crippen molar-refractivity contribution < 1.29 is 31.9 Å². The summed E-state index contributed by atoms with van der Waals surface area (Å²) in [5.41, 5.74) is -4.96. The first-order chi connectivity index (χ1) is 8.66. The molecule has 0 aliphatic heterocycles. The van der Waals surface area contributed by atoms with Gasteiger partial charge in [0.15, 0.2) is 0 Å². The third-order valence-corrected chi connectivity index (χ3v) is 2.06. The molecule has 1 aromatic rings. The number of carboxylic acid groups (broad SMARTS) is 1. The average molecular weight is 280 g/mol. The summed E-state index contributed by atoms with van der Waals surface area (Å²) in [6, 6.07) is 1.31. The van der Waals surface area contributed by atoms with E-state index < -0.39 is 47.5 Å². The predicted octanol–water partition coefficient (Wildman–Crippen LogP) is 2.54. The Morgan fingerprint density at radius 2 is 2.05 bits per heavy atom. The van der Waals surface area contributed by atoms with E-state index in [4.69, 9.17) is 10.4 Å². The number of aliphatic carboxylic acids is 1. The summed E-state index contributed by atoms with van der Waals surface area (Å²) in [4.78, 5) is 13.5. The van der Waals surface area contributed by atoms with Crippen molar-refractivity contribution in [1.82, 2.24) is 4.98 Å². The van der Waals surface area contributed by atoms with Gasteiger partial charge < -0.3 is 5.11 Å². The van der Waals surface area contributed by atoms with Crippen LogP contribution < -0.4 is 0 Å². The smallest absolute Gasteiger partial charge is 0.417 e. The number of halogens is 5. The van der Waals surface area contributed by atoms with E-state index in [1.165, 1.54) is 0 Å². The fourth-order valence-electron chi connectivity index (χ4n) is 1.36. The van der Waals surface area contributed by atoms with Gasteiger partial charge in [-0.2, -0.15) is 18.4 Å². The molecular weight excluding hydrogens is 275 g/mol. The summed E-state index contributed by atoms with van der Waals surface area (Å²) in [7, 11) is 0. The first-order valence-electron chi connectivity index (χ1n) is 4.68. The molecular formula is C10H5F5N2O2. The molecule has 1 heterocycles. The van der Waals surface area contributed by atoms with Crippen LogP contribution in [0.5, 0.6) is 0 Å². The summed E-state index contributed by atoms with van der Waals surface area (Å²) in [5, 5.41) is 17.0. The van der Waals surface area contributed by atoms with Gasteiger partial charge in [-0.25, -0.2) is 13.8 Å². The molecule has 1 N–H and O–H groups in total. The molecule has 0 atom stereocenters. The van der Waals surface area contributed by atoms with Gasteiger partial charge in [-0.1, -0.05) is 0 Å². The molecule has 0 saturated carbocycles. The third kappa shape index (κ3) is 3.37. The molecule has 1 rings (SSSR count). The normalized spacial score (nSPS) is 11.4. The Labute approximate surface area is 103 Å². The van der Waals surface area contributed by atoms with Crippen LogP contribution in [0.1, 0.15) is 28.9 Å². The highest BCUT2D eigenvalue weighted by Gasteiger charge is 2.37. The van der Waals surface area contributed by atoms with E-state index in [1.54, 1.807) is 0 Å². The van der Waals surface area contributed by atoms with E-state index >= 15 is 0 Å². The minimum absolute atomic E-state index is 0.290. The first kappa shape index (κ1) is 14.8. The number of hydrogen-bond acceptors (Lipinski definition) is 3. The molecule has 0 spiro atoms. The summed E-state index contributed by atoms with van der Waals surface area (Å²) < 4.78 is 63.0. The molecule has 0 aliphatic carbocycles. The summed E-state index contributed by atoms with van der Waals surface area (Å²) >= 11 is 0. The lowest BCUT2D eigenvalue weighted by molar-refractivity contribution is -0.139. The lowest BCUT2D eigenvalue weighted by Gasteiger charge is -2.13. The number of rotatable bonds is 3. The largest absolute Gasteiger partial charge is 0.481 e. The van der Waals surface area contributed by atoms with E-state index in [0.29, 0.717) is 6.07 Å². The maximum atomic E-state index is 12.6. The van der Waals surface area contributed by atoms with Crippen LogP contribution in [0, 0.1) is 11.3 Å². The SMILES string of the molecule is N#Cc1c(C(F)(F)F)cc(CC(=O)O)nc1C(F)F. The first-order valence-corrected chi connectivity index (χ1v) is 4.68. The molecule has 1 aromatic heterocycles. The van der Waals surface area contributed by atoms with Crippen molar-refractivity contribution in [2.45, 2.75) is 19.0 Å². The Kier molecular flexibility index (Phi) is 4.04. The summed E-state index contributed by atoms with van der Waals surface area (Å²) in [6.07, 6.45) is -9.41. The zero-order chi connectivity index (χ0) is 14.8. The highest BCUT2D eigenvalue weighted by molar-refractivity contribution is 5.69. The Morgan fingerprint density at radius 1 is 1.47 bits per heavy atom. The van der Waals surface area contributed by atoms with Crippen LogP contribution >= 0.6 is 0 Å². The van der Waals surface area contributed by atoms with E-state index in [1.807, 2.05) is 0 Å². The van der Waals surface area contributed by atoms with Crippen molar-refractivity contribution in [3.63, 3.8) is 0 Å². The number of alkyl halides is 5. The topological polar surface area (TPSA) is 74.0 Å². The highest BCUT2D eigenvalue weighted by Crippen LogP contribution is 2.35. The Morgan fingerprint density at radius 3 is 2.42 bits per heavy atom. The predicted molar refractivity (Wildman–Crippen MR) is 50.3 cm³/mol. The summed E-state index contributed by atoms with van der Waals surface area (Å²) in [6.45, 7) is 0. The molecule has 0 fully saturated rings. The van der Waals surface area contributed by atoms with Crippen molar-refractivity contribution >= 4 is 5.97 Å². The van der Waals surface area contributed by atoms with Crippen LogP contribution in [-0.2, 0) is 17.4 Å². The van der Waals surface area contributed by atoms with Gasteiger partial charge in [-0.15, -0.1) is 0 Å². The second-order valence-electron chi connectivity index (χ2n) is 3.40. The fraction of sp³-hybridized carbons (Fsp3) is 0.300. The zero-order valence-electron chi connectivity index (χ0n) is 9.00. The van der Waals surface area contributed by atoms with E-state index in [2.05, 4.69) is 4.98 Å². The number of nitriles is 1. The van der Waals surface area contributed by atoms with Crippen LogP contribution in [0.15, 0.2) is 6.07 Å². The molecule has 0 radical (unpaired) electrons. The second-order valence-corrected chi connectivity index (χ2v) is 3.40.